The monoisotopic (exact) mass is 310 g/mol. The minimum atomic E-state index is 0.0279. The van der Waals surface area contributed by atoms with Crippen molar-refractivity contribution in [3.05, 3.63) is 42.0 Å². The van der Waals surface area contributed by atoms with Gasteiger partial charge in [-0.1, -0.05) is 49.6 Å². The minimum absolute atomic E-state index is 0.0279. The number of hydrogen-bond acceptors (Lipinski definition) is 3. The van der Waals surface area contributed by atoms with Gasteiger partial charge in [0.2, 0.25) is 5.91 Å². The summed E-state index contributed by atoms with van der Waals surface area (Å²) in [6.07, 6.45) is 7.14. The van der Waals surface area contributed by atoms with Gasteiger partial charge in [-0.2, -0.15) is 5.10 Å². The molecule has 0 aliphatic heterocycles. The van der Waals surface area contributed by atoms with E-state index in [0.29, 0.717) is 0 Å². The van der Waals surface area contributed by atoms with Gasteiger partial charge in [-0.3, -0.25) is 4.79 Å². The third-order valence-corrected chi connectivity index (χ3v) is 4.49. The highest BCUT2D eigenvalue weighted by molar-refractivity contribution is 6.02. The van der Waals surface area contributed by atoms with Crippen LogP contribution in [0, 0.1) is 5.92 Å². The molecule has 23 heavy (non-hydrogen) atoms. The molecular weight excluding hydrogens is 288 g/mol. The molecule has 0 unspecified atom stereocenters. The second kappa shape index (κ2) is 7.27. The van der Waals surface area contributed by atoms with E-state index in [-0.39, 0.29) is 11.8 Å². The predicted molar refractivity (Wildman–Crippen MR) is 92.8 cm³/mol. The summed E-state index contributed by atoms with van der Waals surface area (Å²) in [7, 11) is 1.64. The van der Waals surface area contributed by atoms with E-state index in [1.165, 1.54) is 6.42 Å². The standard InChI is InChI=1S/C19H22N2O2/c1-23-18-12-11-14-7-5-6-10-16(14)17(18)13-20-21-19(22)15-8-3-2-4-9-15/h5-7,10-13,15H,2-4,8-9H2,1H3,(H,21,22)/b20-13+. The Balaban J connectivity index is 1.78. The molecule has 0 spiro atoms. The predicted octanol–water partition coefficient (Wildman–Crippen LogP) is 3.88. The quantitative estimate of drug-likeness (QED) is 0.688. The molecule has 4 heteroatoms. The molecule has 1 N–H and O–H groups in total. The molecule has 0 heterocycles. The van der Waals surface area contributed by atoms with Gasteiger partial charge in [0.15, 0.2) is 0 Å². The Labute approximate surface area is 136 Å². The summed E-state index contributed by atoms with van der Waals surface area (Å²) in [4.78, 5) is 12.2. The Morgan fingerprint density at radius 3 is 2.74 bits per heavy atom. The van der Waals surface area contributed by atoms with Crippen LogP contribution in [-0.4, -0.2) is 19.2 Å². The van der Waals surface area contributed by atoms with Crippen molar-refractivity contribution >= 4 is 22.9 Å². The number of nitrogens with zero attached hydrogens (tertiary/aromatic N) is 1. The van der Waals surface area contributed by atoms with Crippen LogP contribution in [0.1, 0.15) is 37.7 Å². The molecule has 0 saturated heterocycles. The first-order valence-electron chi connectivity index (χ1n) is 8.18. The smallest absolute Gasteiger partial charge is 0.243 e. The minimum Gasteiger partial charge on any atom is -0.496 e. The molecule has 1 saturated carbocycles. The van der Waals surface area contributed by atoms with Gasteiger partial charge in [0.05, 0.1) is 13.3 Å². The molecule has 1 amide bonds. The van der Waals surface area contributed by atoms with E-state index in [0.717, 1.165) is 47.8 Å². The van der Waals surface area contributed by atoms with Crippen LogP contribution in [0.25, 0.3) is 10.8 Å². The summed E-state index contributed by atoms with van der Waals surface area (Å²) in [5.41, 5.74) is 3.58. The number of benzene rings is 2. The van der Waals surface area contributed by atoms with Crippen molar-refractivity contribution in [2.24, 2.45) is 11.0 Å². The van der Waals surface area contributed by atoms with Crippen LogP contribution < -0.4 is 10.2 Å². The van der Waals surface area contributed by atoms with E-state index in [2.05, 4.69) is 10.5 Å². The Hall–Kier alpha value is -2.36. The highest BCUT2D eigenvalue weighted by atomic mass is 16.5. The maximum absolute atomic E-state index is 12.2. The average Bonchev–Trinajstić information content (AvgIpc) is 2.62. The summed E-state index contributed by atoms with van der Waals surface area (Å²) >= 11 is 0. The second-order valence-corrected chi connectivity index (χ2v) is 5.97. The van der Waals surface area contributed by atoms with Crippen LogP contribution in [0.4, 0.5) is 0 Å². The van der Waals surface area contributed by atoms with Gasteiger partial charge in [0.1, 0.15) is 5.75 Å². The van der Waals surface area contributed by atoms with E-state index in [9.17, 15) is 4.79 Å². The lowest BCUT2D eigenvalue weighted by Gasteiger charge is -2.19. The first-order valence-corrected chi connectivity index (χ1v) is 8.18. The van der Waals surface area contributed by atoms with E-state index in [1.807, 2.05) is 36.4 Å². The normalized spacial score (nSPS) is 15.9. The van der Waals surface area contributed by atoms with Crippen LogP contribution in [-0.2, 0) is 4.79 Å². The summed E-state index contributed by atoms with van der Waals surface area (Å²) in [6, 6.07) is 12.0. The van der Waals surface area contributed by atoms with Crippen LogP contribution in [0.2, 0.25) is 0 Å². The number of carbonyl (C=O) groups excluding carboxylic acids is 1. The zero-order chi connectivity index (χ0) is 16.1. The lowest BCUT2D eigenvalue weighted by molar-refractivity contribution is -0.125. The maximum Gasteiger partial charge on any atom is 0.243 e. The fourth-order valence-corrected chi connectivity index (χ4v) is 3.20. The Bertz CT molecular complexity index is 718. The van der Waals surface area contributed by atoms with E-state index < -0.39 is 0 Å². The van der Waals surface area contributed by atoms with E-state index in [4.69, 9.17) is 4.74 Å². The Morgan fingerprint density at radius 2 is 1.96 bits per heavy atom. The Kier molecular flexibility index (Phi) is 4.91. The third kappa shape index (κ3) is 3.52. The van der Waals surface area contributed by atoms with E-state index >= 15 is 0 Å². The van der Waals surface area contributed by atoms with Crippen molar-refractivity contribution in [3.8, 4) is 5.75 Å². The number of carbonyl (C=O) groups is 1. The molecule has 2 aromatic carbocycles. The molecule has 1 aliphatic carbocycles. The first kappa shape index (κ1) is 15.5. The second-order valence-electron chi connectivity index (χ2n) is 5.97. The maximum atomic E-state index is 12.2. The lowest BCUT2D eigenvalue weighted by atomic mass is 9.89. The SMILES string of the molecule is COc1ccc2ccccc2c1/C=N/NC(=O)C1CCCCC1. The Morgan fingerprint density at radius 1 is 1.17 bits per heavy atom. The summed E-state index contributed by atoms with van der Waals surface area (Å²) < 4.78 is 5.42. The summed E-state index contributed by atoms with van der Waals surface area (Å²) in [5, 5.41) is 6.35. The first-order chi connectivity index (χ1) is 11.3. The highest BCUT2D eigenvalue weighted by Gasteiger charge is 2.20. The van der Waals surface area contributed by atoms with Gasteiger partial charge in [-0.15, -0.1) is 0 Å². The zero-order valence-electron chi connectivity index (χ0n) is 13.4. The van der Waals surface area contributed by atoms with Crippen molar-refractivity contribution in [1.82, 2.24) is 5.43 Å². The molecular formula is C19H22N2O2. The molecule has 0 atom stereocenters. The highest BCUT2D eigenvalue weighted by Crippen LogP contribution is 2.26. The molecule has 2 aromatic rings. The number of methoxy groups -OCH3 is 1. The number of amides is 1. The van der Waals surface area contributed by atoms with Gasteiger partial charge in [-0.25, -0.2) is 5.43 Å². The van der Waals surface area contributed by atoms with Gasteiger partial charge in [-0.05, 0) is 29.7 Å². The van der Waals surface area contributed by atoms with Gasteiger partial charge in [0, 0.05) is 11.5 Å². The van der Waals surface area contributed by atoms with Gasteiger partial charge in [0.25, 0.3) is 0 Å². The van der Waals surface area contributed by atoms with E-state index in [1.54, 1.807) is 13.3 Å². The number of ether oxygens (including phenoxy) is 1. The van der Waals surface area contributed by atoms with Crippen LogP contribution in [0.3, 0.4) is 0 Å². The van der Waals surface area contributed by atoms with Crippen molar-refractivity contribution < 1.29 is 9.53 Å². The van der Waals surface area contributed by atoms with Crippen molar-refractivity contribution in [2.45, 2.75) is 32.1 Å². The molecule has 120 valence electrons. The number of hydrazone groups is 1. The van der Waals surface area contributed by atoms with Crippen molar-refractivity contribution in [1.29, 1.82) is 0 Å². The number of nitrogens with one attached hydrogen (secondary N) is 1. The molecule has 1 aliphatic rings. The molecule has 0 bridgehead atoms. The number of fused-ring (bicyclic) bond motifs is 1. The third-order valence-electron chi connectivity index (χ3n) is 4.49. The van der Waals surface area contributed by atoms with Crippen molar-refractivity contribution in [2.75, 3.05) is 7.11 Å². The largest absolute Gasteiger partial charge is 0.496 e. The van der Waals surface area contributed by atoms with Crippen LogP contribution >= 0.6 is 0 Å². The fourth-order valence-electron chi connectivity index (χ4n) is 3.20. The topological polar surface area (TPSA) is 50.7 Å². The molecule has 0 aromatic heterocycles. The number of hydrogen-bond donors (Lipinski definition) is 1. The molecule has 4 nitrogen and oxygen atoms in total. The summed E-state index contributed by atoms with van der Waals surface area (Å²) in [6.45, 7) is 0. The van der Waals surface area contributed by atoms with Crippen LogP contribution in [0.5, 0.6) is 5.75 Å². The lowest BCUT2D eigenvalue weighted by Crippen LogP contribution is -2.28. The molecule has 1 fully saturated rings. The fraction of sp³-hybridized carbons (Fsp3) is 0.368. The average molecular weight is 310 g/mol. The van der Waals surface area contributed by atoms with Crippen molar-refractivity contribution in [3.63, 3.8) is 0 Å². The molecule has 3 rings (SSSR count). The number of rotatable bonds is 4. The van der Waals surface area contributed by atoms with Crippen LogP contribution in [0.15, 0.2) is 41.5 Å². The summed E-state index contributed by atoms with van der Waals surface area (Å²) in [5.74, 6) is 0.884. The molecule has 0 radical (unpaired) electrons. The van der Waals surface area contributed by atoms with Gasteiger partial charge >= 0.3 is 0 Å². The zero-order valence-corrected chi connectivity index (χ0v) is 13.4. The van der Waals surface area contributed by atoms with Gasteiger partial charge < -0.3 is 4.74 Å².